The summed E-state index contributed by atoms with van der Waals surface area (Å²) >= 11 is 5.29. The molecule has 3 aromatic rings. The monoisotopic (exact) mass is 345 g/mol. The maximum atomic E-state index is 12.6. The molecule has 2 aromatic heterocycles. The van der Waals surface area contributed by atoms with Crippen molar-refractivity contribution in [3.8, 4) is 0 Å². The van der Waals surface area contributed by atoms with Crippen LogP contribution in [-0.2, 0) is 11.3 Å². The van der Waals surface area contributed by atoms with Crippen LogP contribution in [0.15, 0.2) is 33.5 Å². The normalized spacial score (nSPS) is 11.2. The van der Waals surface area contributed by atoms with Crippen molar-refractivity contribution in [1.82, 2.24) is 14.9 Å². The van der Waals surface area contributed by atoms with Gasteiger partial charge in [0, 0.05) is 24.9 Å². The highest BCUT2D eigenvalue weighted by Gasteiger charge is 2.14. The molecule has 0 saturated heterocycles. The molecule has 1 aromatic carbocycles. The van der Waals surface area contributed by atoms with Gasteiger partial charge in [-0.25, -0.2) is 0 Å². The predicted molar refractivity (Wildman–Crippen MR) is 95.7 cm³/mol. The highest BCUT2D eigenvalue weighted by atomic mass is 32.1. The Labute approximate surface area is 143 Å². The molecule has 7 heteroatoms. The first-order chi connectivity index (χ1) is 11.6. The van der Waals surface area contributed by atoms with E-state index in [0.29, 0.717) is 22.4 Å². The lowest BCUT2D eigenvalue weighted by Gasteiger charge is -2.07. The molecule has 126 valence electrons. The fraction of sp³-hybridized carbons (Fsp3) is 0.353. The summed E-state index contributed by atoms with van der Waals surface area (Å²) < 4.78 is 7.32. The van der Waals surface area contributed by atoms with Crippen molar-refractivity contribution in [3.63, 3.8) is 0 Å². The molecule has 0 atom stereocenters. The first-order valence-corrected chi connectivity index (χ1v) is 8.43. The van der Waals surface area contributed by atoms with Gasteiger partial charge < -0.3 is 14.7 Å². The van der Waals surface area contributed by atoms with Crippen molar-refractivity contribution < 1.29 is 9.21 Å². The van der Waals surface area contributed by atoms with Crippen LogP contribution < -0.4 is 10.9 Å². The highest BCUT2D eigenvalue weighted by molar-refractivity contribution is 7.71. The third-order valence-electron chi connectivity index (χ3n) is 3.93. The number of aromatic amines is 1. The molecule has 6 nitrogen and oxygen atoms in total. The van der Waals surface area contributed by atoms with Gasteiger partial charge in [-0.05, 0) is 30.8 Å². The zero-order valence-corrected chi connectivity index (χ0v) is 14.2. The van der Waals surface area contributed by atoms with E-state index in [1.807, 2.05) is 18.2 Å². The number of unbranched alkanes of at least 4 members (excludes halogenated alkanes) is 1. The SMILES string of the molecule is CCCCNC(=O)CCn1c(=S)[nH]c2c(oc3ccccc32)c1=O. The predicted octanol–water partition coefficient (Wildman–Crippen LogP) is 3.11. The molecule has 0 unspecified atom stereocenters. The van der Waals surface area contributed by atoms with Gasteiger partial charge in [-0.2, -0.15) is 0 Å². The third kappa shape index (κ3) is 3.12. The van der Waals surface area contributed by atoms with Gasteiger partial charge in [0.2, 0.25) is 11.5 Å². The van der Waals surface area contributed by atoms with Gasteiger partial charge in [-0.15, -0.1) is 0 Å². The number of hydrogen-bond donors (Lipinski definition) is 2. The molecule has 2 N–H and O–H groups in total. The zero-order chi connectivity index (χ0) is 17.1. The summed E-state index contributed by atoms with van der Waals surface area (Å²) in [6.45, 7) is 2.94. The van der Waals surface area contributed by atoms with Gasteiger partial charge in [0.15, 0.2) is 4.77 Å². The van der Waals surface area contributed by atoms with Crippen molar-refractivity contribution in [3.05, 3.63) is 39.4 Å². The van der Waals surface area contributed by atoms with E-state index in [1.165, 1.54) is 4.57 Å². The number of para-hydroxylation sites is 1. The minimum absolute atomic E-state index is 0.0885. The fourth-order valence-electron chi connectivity index (χ4n) is 2.62. The van der Waals surface area contributed by atoms with Crippen molar-refractivity contribution >= 4 is 40.2 Å². The Hall–Kier alpha value is -2.41. The van der Waals surface area contributed by atoms with E-state index >= 15 is 0 Å². The molecular formula is C17H19N3O3S. The van der Waals surface area contributed by atoms with Gasteiger partial charge in [0.1, 0.15) is 11.1 Å². The number of aromatic nitrogens is 2. The van der Waals surface area contributed by atoms with Crippen LogP contribution in [0.25, 0.3) is 22.1 Å². The number of carbonyl (C=O) groups is 1. The summed E-state index contributed by atoms with van der Waals surface area (Å²) in [6.07, 6.45) is 2.16. The second kappa shape index (κ2) is 7.00. The van der Waals surface area contributed by atoms with Crippen LogP contribution in [0.3, 0.4) is 0 Å². The first kappa shape index (κ1) is 16.4. The van der Waals surface area contributed by atoms with Crippen molar-refractivity contribution in [2.75, 3.05) is 6.54 Å². The average Bonchev–Trinajstić information content (AvgIpc) is 2.94. The highest BCUT2D eigenvalue weighted by Crippen LogP contribution is 2.24. The second-order valence-electron chi connectivity index (χ2n) is 5.64. The van der Waals surface area contributed by atoms with Gasteiger partial charge in [-0.1, -0.05) is 25.5 Å². The smallest absolute Gasteiger partial charge is 0.297 e. The van der Waals surface area contributed by atoms with Crippen molar-refractivity contribution in [1.29, 1.82) is 0 Å². The number of benzene rings is 1. The Kier molecular flexibility index (Phi) is 4.80. The quantitative estimate of drug-likeness (QED) is 0.531. The number of amides is 1. The largest absolute Gasteiger partial charge is 0.449 e. The summed E-state index contributed by atoms with van der Waals surface area (Å²) in [5.74, 6) is -0.0885. The maximum absolute atomic E-state index is 12.6. The van der Waals surface area contributed by atoms with Crippen LogP contribution in [-0.4, -0.2) is 22.0 Å². The number of fused-ring (bicyclic) bond motifs is 3. The number of nitrogens with zero attached hydrogens (tertiary/aromatic N) is 1. The fourth-order valence-corrected chi connectivity index (χ4v) is 2.90. The molecule has 24 heavy (non-hydrogen) atoms. The van der Waals surface area contributed by atoms with E-state index < -0.39 is 0 Å². The van der Waals surface area contributed by atoms with Gasteiger partial charge in [-0.3, -0.25) is 14.2 Å². The summed E-state index contributed by atoms with van der Waals surface area (Å²) in [6, 6.07) is 7.40. The van der Waals surface area contributed by atoms with E-state index in [9.17, 15) is 9.59 Å². The van der Waals surface area contributed by atoms with Crippen molar-refractivity contribution in [2.24, 2.45) is 0 Å². The lowest BCUT2D eigenvalue weighted by atomic mass is 10.2. The molecule has 1 amide bonds. The molecule has 0 bridgehead atoms. The minimum Gasteiger partial charge on any atom is -0.449 e. The molecule has 0 saturated carbocycles. The molecule has 2 heterocycles. The van der Waals surface area contributed by atoms with E-state index in [-0.39, 0.29) is 30.0 Å². The molecule has 0 aliphatic carbocycles. The Morgan fingerprint density at radius 3 is 2.96 bits per heavy atom. The van der Waals surface area contributed by atoms with Gasteiger partial charge in [0.05, 0.1) is 0 Å². The minimum atomic E-state index is -0.314. The van der Waals surface area contributed by atoms with Crippen molar-refractivity contribution in [2.45, 2.75) is 32.7 Å². The molecule has 3 rings (SSSR count). The average molecular weight is 345 g/mol. The van der Waals surface area contributed by atoms with E-state index in [2.05, 4.69) is 17.2 Å². The van der Waals surface area contributed by atoms with Gasteiger partial charge >= 0.3 is 0 Å². The van der Waals surface area contributed by atoms with Crippen LogP contribution in [0.2, 0.25) is 0 Å². The molecule has 0 radical (unpaired) electrons. The van der Waals surface area contributed by atoms with Crippen LogP contribution in [0.1, 0.15) is 26.2 Å². The molecular weight excluding hydrogens is 326 g/mol. The summed E-state index contributed by atoms with van der Waals surface area (Å²) in [5, 5.41) is 3.65. The Bertz CT molecular complexity index is 1000. The standard InChI is InChI=1S/C17H19N3O3S/c1-2-3-9-18-13(21)8-10-20-16(22)15-14(19-17(20)24)11-6-4-5-7-12(11)23-15/h4-7H,2-3,8-10H2,1H3,(H,18,21)(H,19,24). The van der Waals surface area contributed by atoms with Gasteiger partial charge in [0.25, 0.3) is 5.56 Å². The number of nitrogens with one attached hydrogen (secondary N) is 2. The van der Waals surface area contributed by atoms with Crippen LogP contribution in [0.5, 0.6) is 0 Å². The van der Waals surface area contributed by atoms with E-state index in [1.54, 1.807) is 6.07 Å². The molecule has 0 aliphatic heterocycles. The first-order valence-electron chi connectivity index (χ1n) is 8.03. The zero-order valence-electron chi connectivity index (χ0n) is 13.4. The molecule has 0 spiro atoms. The molecule has 0 fully saturated rings. The molecule has 0 aliphatic rings. The lowest BCUT2D eigenvalue weighted by molar-refractivity contribution is -0.121. The Morgan fingerprint density at radius 1 is 1.38 bits per heavy atom. The van der Waals surface area contributed by atoms with E-state index in [0.717, 1.165) is 18.2 Å². The second-order valence-corrected chi connectivity index (χ2v) is 6.03. The lowest BCUT2D eigenvalue weighted by Crippen LogP contribution is -2.28. The third-order valence-corrected chi connectivity index (χ3v) is 4.25. The number of carbonyl (C=O) groups excluding carboxylic acids is 1. The van der Waals surface area contributed by atoms with Crippen LogP contribution >= 0.6 is 12.2 Å². The topological polar surface area (TPSA) is 80.0 Å². The van der Waals surface area contributed by atoms with Crippen LogP contribution in [0.4, 0.5) is 0 Å². The maximum Gasteiger partial charge on any atom is 0.297 e. The number of H-pyrrole nitrogens is 1. The number of hydrogen-bond acceptors (Lipinski definition) is 4. The number of rotatable bonds is 6. The van der Waals surface area contributed by atoms with E-state index in [4.69, 9.17) is 16.6 Å². The Morgan fingerprint density at radius 2 is 2.17 bits per heavy atom. The summed E-state index contributed by atoms with van der Waals surface area (Å²) in [5.41, 5.74) is 1.15. The Balaban J connectivity index is 1.89. The summed E-state index contributed by atoms with van der Waals surface area (Å²) in [7, 11) is 0. The number of furan rings is 1. The van der Waals surface area contributed by atoms with Crippen LogP contribution in [0, 0.1) is 4.77 Å². The summed E-state index contributed by atoms with van der Waals surface area (Å²) in [4.78, 5) is 27.5.